The van der Waals surface area contributed by atoms with Crippen molar-refractivity contribution in [1.82, 2.24) is 0 Å². The maximum absolute atomic E-state index is 12.8. The minimum absolute atomic E-state index is 0.300. The molecule has 2 rings (SSSR count). The molecule has 1 aliphatic rings. The van der Waals surface area contributed by atoms with Crippen molar-refractivity contribution in [3.63, 3.8) is 0 Å². The summed E-state index contributed by atoms with van der Waals surface area (Å²) >= 11 is 0. The molecule has 78 valence electrons. The van der Waals surface area contributed by atoms with Crippen LogP contribution in [0.1, 0.15) is 18.4 Å². The Morgan fingerprint density at radius 3 is 2.27 bits per heavy atom. The second-order valence-corrected chi connectivity index (χ2v) is 4.26. The van der Waals surface area contributed by atoms with Gasteiger partial charge >= 0.3 is 0 Å². The van der Waals surface area contributed by atoms with Gasteiger partial charge in [0.25, 0.3) is 5.92 Å². The molecule has 0 N–H and O–H groups in total. The first-order valence-electron chi connectivity index (χ1n) is 4.88. The second-order valence-electron chi connectivity index (χ2n) is 4.26. The molecule has 0 unspecified atom stereocenters. The first kappa shape index (κ1) is 10.1. The summed E-state index contributed by atoms with van der Waals surface area (Å²) in [4.78, 5) is 0. The maximum atomic E-state index is 12.8. The molecule has 0 heterocycles. The van der Waals surface area contributed by atoms with Gasteiger partial charge in [-0.25, -0.2) is 8.78 Å². The molecular formula is C12H11F2N. The summed E-state index contributed by atoms with van der Waals surface area (Å²) in [5.74, 6) is -2.63. The zero-order valence-corrected chi connectivity index (χ0v) is 8.21. The average Bonchev–Trinajstić information content (AvgIpc) is 2.16. The van der Waals surface area contributed by atoms with Gasteiger partial charge in [0.2, 0.25) is 0 Å². The Labute approximate surface area is 87.3 Å². The molecule has 1 nitrogen and oxygen atoms in total. The van der Waals surface area contributed by atoms with Crippen molar-refractivity contribution >= 4 is 0 Å². The van der Waals surface area contributed by atoms with Gasteiger partial charge in [-0.05, 0) is 12.0 Å². The van der Waals surface area contributed by atoms with E-state index in [0.29, 0.717) is 6.42 Å². The van der Waals surface area contributed by atoms with Gasteiger partial charge in [-0.15, -0.1) is 0 Å². The van der Waals surface area contributed by atoms with Crippen LogP contribution in [0.25, 0.3) is 0 Å². The highest BCUT2D eigenvalue weighted by Gasteiger charge is 2.56. The minimum atomic E-state index is -2.63. The van der Waals surface area contributed by atoms with Crippen LogP contribution in [0.5, 0.6) is 0 Å². The lowest BCUT2D eigenvalue weighted by molar-refractivity contribution is -0.137. The average molecular weight is 207 g/mol. The second kappa shape index (κ2) is 3.30. The summed E-state index contributed by atoms with van der Waals surface area (Å²) in [5.41, 5.74) is 0.111. The molecule has 0 aromatic heterocycles. The van der Waals surface area contributed by atoms with Crippen LogP contribution >= 0.6 is 0 Å². The fraction of sp³-hybridized carbons (Fsp3) is 0.417. The van der Waals surface area contributed by atoms with Crippen LogP contribution in [0.3, 0.4) is 0 Å². The summed E-state index contributed by atoms with van der Waals surface area (Å²) in [7, 11) is 0. The number of alkyl halides is 2. The largest absolute Gasteiger partial charge is 0.251 e. The molecule has 0 spiro atoms. The van der Waals surface area contributed by atoms with Crippen LogP contribution in [0.15, 0.2) is 30.3 Å². The van der Waals surface area contributed by atoms with Crippen molar-refractivity contribution in [2.75, 3.05) is 0 Å². The number of halogens is 2. The summed E-state index contributed by atoms with van der Waals surface area (Å²) in [5, 5.41) is 8.95. The lowest BCUT2D eigenvalue weighted by atomic mass is 9.64. The van der Waals surface area contributed by atoms with Gasteiger partial charge < -0.3 is 0 Å². The number of hydrogen-bond acceptors (Lipinski definition) is 1. The summed E-state index contributed by atoms with van der Waals surface area (Å²) in [6, 6.07) is 11.4. The van der Waals surface area contributed by atoms with E-state index in [0.717, 1.165) is 5.56 Å². The molecular weight excluding hydrogens is 196 g/mol. The van der Waals surface area contributed by atoms with Crippen LogP contribution in [0.4, 0.5) is 8.78 Å². The van der Waals surface area contributed by atoms with Gasteiger partial charge in [0, 0.05) is 12.8 Å². The first-order valence-corrected chi connectivity index (χ1v) is 4.88. The number of nitriles is 1. The van der Waals surface area contributed by atoms with E-state index in [9.17, 15) is 8.78 Å². The van der Waals surface area contributed by atoms with E-state index in [1.54, 1.807) is 0 Å². The zero-order chi connectivity index (χ0) is 10.9. The SMILES string of the molecule is N#CC1(Cc2ccccc2)CC(F)(F)C1. The van der Waals surface area contributed by atoms with Crippen LogP contribution in [-0.4, -0.2) is 5.92 Å². The molecule has 0 saturated heterocycles. The van der Waals surface area contributed by atoms with E-state index in [1.165, 1.54) is 0 Å². The summed E-state index contributed by atoms with van der Waals surface area (Å²) in [6.45, 7) is 0. The number of rotatable bonds is 2. The predicted molar refractivity (Wildman–Crippen MR) is 52.4 cm³/mol. The van der Waals surface area contributed by atoms with Crippen LogP contribution in [0, 0.1) is 16.7 Å². The third kappa shape index (κ3) is 1.99. The maximum Gasteiger partial charge on any atom is 0.251 e. The number of benzene rings is 1. The fourth-order valence-electron chi connectivity index (χ4n) is 2.17. The molecule has 0 bridgehead atoms. The number of hydrogen-bond donors (Lipinski definition) is 0. The van der Waals surface area contributed by atoms with Crippen LogP contribution in [0.2, 0.25) is 0 Å². The van der Waals surface area contributed by atoms with Crippen molar-refractivity contribution < 1.29 is 8.78 Å². The van der Waals surface area contributed by atoms with Crippen LogP contribution in [-0.2, 0) is 6.42 Å². The lowest BCUT2D eigenvalue weighted by Gasteiger charge is -2.42. The van der Waals surface area contributed by atoms with Crippen molar-refractivity contribution in [2.24, 2.45) is 5.41 Å². The van der Waals surface area contributed by atoms with E-state index in [1.807, 2.05) is 36.4 Å². The zero-order valence-electron chi connectivity index (χ0n) is 8.21. The summed E-state index contributed by atoms with van der Waals surface area (Å²) < 4.78 is 25.5. The molecule has 0 aliphatic heterocycles. The Balaban J connectivity index is 2.10. The summed E-state index contributed by atoms with van der Waals surface area (Å²) in [6.07, 6.45) is -0.170. The lowest BCUT2D eigenvalue weighted by Crippen LogP contribution is -2.46. The molecule has 1 aliphatic carbocycles. The van der Waals surface area contributed by atoms with E-state index < -0.39 is 11.3 Å². The highest BCUT2D eigenvalue weighted by Crippen LogP contribution is 2.53. The molecule has 1 saturated carbocycles. The van der Waals surface area contributed by atoms with Crippen LogP contribution < -0.4 is 0 Å². The highest BCUT2D eigenvalue weighted by atomic mass is 19.3. The van der Waals surface area contributed by atoms with Gasteiger partial charge in [-0.3, -0.25) is 0 Å². The van der Waals surface area contributed by atoms with Crippen molar-refractivity contribution in [3.8, 4) is 6.07 Å². The predicted octanol–water partition coefficient (Wildman–Crippen LogP) is 3.17. The molecule has 0 radical (unpaired) electrons. The third-order valence-corrected chi connectivity index (χ3v) is 2.82. The molecule has 15 heavy (non-hydrogen) atoms. The number of nitrogens with zero attached hydrogens (tertiary/aromatic N) is 1. The van der Waals surface area contributed by atoms with E-state index in [4.69, 9.17) is 5.26 Å². The van der Waals surface area contributed by atoms with Gasteiger partial charge in [0.1, 0.15) is 0 Å². The minimum Gasteiger partial charge on any atom is -0.207 e. The van der Waals surface area contributed by atoms with E-state index in [2.05, 4.69) is 0 Å². The van der Waals surface area contributed by atoms with Gasteiger partial charge in [0.15, 0.2) is 0 Å². The van der Waals surface area contributed by atoms with E-state index >= 15 is 0 Å². The Kier molecular flexibility index (Phi) is 2.22. The topological polar surface area (TPSA) is 23.8 Å². The molecule has 0 amide bonds. The van der Waals surface area contributed by atoms with Gasteiger partial charge in [-0.2, -0.15) is 5.26 Å². The molecule has 1 aromatic carbocycles. The standard InChI is InChI=1S/C12H11F2N/c13-12(14)7-11(8-12,9-15)6-10-4-2-1-3-5-10/h1-5H,6-8H2. The molecule has 1 aromatic rings. The smallest absolute Gasteiger partial charge is 0.207 e. The van der Waals surface area contributed by atoms with E-state index in [-0.39, 0.29) is 12.8 Å². The van der Waals surface area contributed by atoms with Gasteiger partial charge in [-0.1, -0.05) is 30.3 Å². The molecule has 1 fully saturated rings. The fourth-order valence-corrected chi connectivity index (χ4v) is 2.17. The quantitative estimate of drug-likeness (QED) is 0.730. The van der Waals surface area contributed by atoms with Crippen molar-refractivity contribution in [3.05, 3.63) is 35.9 Å². The normalized spacial score (nSPS) is 21.4. The Hall–Kier alpha value is -1.43. The van der Waals surface area contributed by atoms with Gasteiger partial charge in [0.05, 0.1) is 11.5 Å². The molecule has 0 atom stereocenters. The first-order chi connectivity index (χ1) is 7.05. The molecule has 3 heteroatoms. The third-order valence-electron chi connectivity index (χ3n) is 2.82. The monoisotopic (exact) mass is 207 g/mol. The van der Waals surface area contributed by atoms with Crippen molar-refractivity contribution in [1.29, 1.82) is 5.26 Å². The highest BCUT2D eigenvalue weighted by molar-refractivity contribution is 5.23. The van der Waals surface area contributed by atoms with Crippen molar-refractivity contribution in [2.45, 2.75) is 25.2 Å². The Morgan fingerprint density at radius 2 is 1.80 bits per heavy atom. The Morgan fingerprint density at radius 1 is 1.20 bits per heavy atom. The Bertz CT molecular complexity index is 384.